The third kappa shape index (κ3) is 2.98. The number of rotatable bonds is 2. The van der Waals surface area contributed by atoms with Gasteiger partial charge >= 0.3 is 0 Å². The number of hydrogen-bond acceptors (Lipinski definition) is 2. The molecule has 0 bridgehead atoms. The van der Waals surface area contributed by atoms with Gasteiger partial charge in [0.1, 0.15) is 0 Å². The molecule has 1 aliphatic carbocycles. The normalized spacial score (nSPS) is 34.0. The monoisotopic (exact) mass is 287 g/mol. The fourth-order valence-corrected chi connectivity index (χ4v) is 3.85. The van der Waals surface area contributed by atoms with Crippen molar-refractivity contribution in [3.63, 3.8) is 0 Å². The van der Waals surface area contributed by atoms with E-state index in [0.717, 1.165) is 38.6 Å². The van der Waals surface area contributed by atoms with Gasteiger partial charge in [0, 0.05) is 24.4 Å². The fourth-order valence-electron chi connectivity index (χ4n) is 3.85. The summed E-state index contributed by atoms with van der Waals surface area (Å²) in [4.78, 5) is 14.5. The van der Waals surface area contributed by atoms with Crippen LogP contribution in [-0.2, 0) is 10.2 Å². The molecule has 3 nitrogen and oxygen atoms in total. The Morgan fingerprint density at radius 2 is 1.81 bits per heavy atom. The van der Waals surface area contributed by atoms with Crippen molar-refractivity contribution in [1.82, 2.24) is 4.90 Å². The first-order chi connectivity index (χ1) is 10.1. The number of carbonyl (C=O) groups excluding carboxylic acids is 1. The molecule has 3 rings (SSSR count). The van der Waals surface area contributed by atoms with Gasteiger partial charge in [0.05, 0.1) is 6.10 Å². The van der Waals surface area contributed by atoms with Crippen LogP contribution in [0.5, 0.6) is 0 Å². The second kappa shape index (κ2) is 5.80. The number of carbonyl (C=O) groups is 1. The molecule has 0 unspecified atom stereocenters. The Bertz CT molecular complexity index is 493. The molecule has 1 saturated carbocycles. The summed E-state index contributed by atoms with van der Waals surface area (Å²) >= 11 is 0. The zero-order valence-corrected chi connectivity index (χ0v) is 12.8. The predicted octanol–water partition coefficient (Wildman–Crippen LogP) is 2.87. The van der Waals surface area contributed by atoms with Gasteiger partial charge in [-0.25, -0.2) is 0 Å². The van der Waals surface area contributed by atoms with Crippen molar-refractivity contribution in [2.24, 2.45) is 0 Å². The van der Waals surface area contributed by atoms with E-state index >= 15 is 0 Å². The van der Waals surface area contributed by atoms with E-state index < -0.39 is 0 Å². The minimum absolute atomic E-state index is 0.0607. The molecule has 0 spiro atoms. The molecule has 0 aromatic heterocycles. The van der Waals surface area contributed by atoms with E-state index in [2.05, 4.69) is 36.1 Å². The summed E-state index contributed by atoms with van der Waals surface area (Å²) in [5.41, 5.74) is 1.39. The van der Waals surface area contributed by atoms with Crippen molar-refractivity contribution in [3.05, 3.63) is 35.9 Å². The maximum atomic E-state index is 12.4. The third-order valence-corrected chi connectivity index (χ3v) is 5.31. The topological polar surface area (TPSA) is 40.5 Å². The molecule has 2 fully saturated rings. The molecule has 0 radical (unpaired) electrons. The molecule has 1 N–H and O–H groups in total. The van der Waals surface area contributed by atoms with Crippen LogP contribution in [0, 0.1) is 0 Å². The van der Waals surface area contributed by atoms with E-state index in [0.29, 0.717) is 18.4 Å². The highest BCUT2D eigenvalue weighted by Crippen LogP contribution is 2.37. The smallest absolute Gasteiger partial charge is 0.222 e. The van der Waals surface area contributed by atoms with E-state index in [4.69, 9.17) is 0 Å². The summed E-state index contributed by atoms with van der Waals surface area (Å²) in [6.45, 7) is 3.09. The van der Waals surface area contributed by atoms with Crippen LogP contribution in [0.15, 0.2) is 30.3 Å². The quantitative estimate of drug-likeness (QED) is 0.908. The highest BCUT2D eigenvalue weighted by molar-refractivity contribution is 5.78. The van der Waals surface area contributed by atoms with Crippen molar-refractivity contribution in [2.75, 3.05) is 6.54 Å². The average Bonchev–Trinajstić information content (AvgIpc) is 2.52. The Morgan fingerprint density at radius 1 is 1.14 bits per heavy atom. The lowest BCUT2D eigenvalue weighted by atomic mass is 9.74. The minimum atomic E-state index is -0.165. The first kappa shape index (κ1) is 14.6. The standard InChI is InChI=1S/C18H25NO2/c1-18(14-5-3-2-4-6-14)12-11-17(21)19(13-18)15-7-9-16(20)10-8-15/h2-6,15-16,20H,7-13H2,1H3/t15?,16?,18-/m1/s1. The summed E-state index contributed by atoms with van der Waals surface area (Å²) in [7, 11) is 0. The highest BCUT2D eigenvalue weighted by atomic mass is 16.3. The number of piperidine rings is 1. The summed E-state index contributed by atoms with van der Waals surface area (Å²) in [5, 5.41) is 9.67. The van der Waals surface area contributed by atoms with Crippen molar-refractivity contribution < 1.29 is 9.90 Å². The van der Waals surface area contributed by atoms with Crippen LogP contribution in [0.1, 0.15) is 51.0 Å². The fraction of sp³-hybridized carbons (Fsp3) is 0.611. The molecule has 21 heavy (non-hydrogen) atoms. The number of nitrogens with zero attached hydrogens (tertiary/aromatic N) is 1. The molecule has 1 aromatic carbocycles. The summed E-state index contributed by atoms with van der Waals surface area (Å²) < 4.78 is 0. The van der Waals surface area contributed by atoms with Gasteiger partial charge in [-0.05, 0) is 37.7 Å². The van der Waals surface area contributed by atoms with Crippen LogP contribution in [0.25, 0.3) is 0 Å². The molecule has 3 heteroatoms. The second-order valence-electron chi connectivity index (χ2n) is 6.91. The van der Waals surface area contributed by atoms with Crippen molar-refractivity contribution in [1.29, 1.82) is 0 Å². The lowest BCUT2D eigenvalue weighted by molar-refractivity contribution is -0.139. The highest BCUT2D eigenvalue weighted by Gasteiger charge is 2.39. The minimum Gasteiger partial charge on any atom is -0.393 e. The lowest BCUT2D eigenvalue weighted by Gasteiger charge is -2.45. The second-order valence-corrected chi connectivity index (χ2v) is 6.91. The van der Waals surface area contributed by atoms with E-state index in [1.165, 1.54) is 5.56 Å². The first-order valence-corrected chi connectivity index (χ1v) is 8.11. The number of benzene rings is 1. The Balaban J connectivity index is 1.77. The van der Waals surface area contributed by atoms with E-state index in [1.54, 1.807) is 0 Å². The lowest BCUT2D eigenvalue weighted by Crippen LogP contribution is -2.52. The van der Waals surface area contributed by atoms with Crippen LogP contribution < -0.4 is 0 Å². The maximum absolute atomic E-state index is 12.4. The van der Waals surface area contributed by atoms with Crippen molar-refractivity contribution in [2.45, 2.75) is 63.0 Å². The van der Waals surface area contributed by atoms with E-state index in [1.807, 2.05) is 6.07 Å². The first-order valence-electron chi connectivity index (χ1n) is 8.11. The van der Waals surface area contributed by atoms with Crippen LogP contribution >= 0.6 is 0 Å². The molecule has 2 aliphatic rings. The van der Waals surface area contributed by atoms with Gasteiger partial charge in [-0.3, -0.25) is 4.79 Å². The van der Waals surface area contributed by atoms with Crippen molar-refractivity contribution in [3.8, 4) is 0 Å². The van der Waals surface area contributed by atoms with Crippen LogP contribution in [0.2, 0.25) is 0 Å². The van der Waals surface area contributed by atoms with Crippen LogP contribution in [0.3, 0.4) is 0 Å². The van der Waals surface area contributed by atoms with Crippen molar-refractivity contribution >= 4 is 5.91 Å². The number of hydrogen-bond donors (Lipinski definition) is 1. The molecule has 1 heterocycles. The zero-order chi connectivity index (χ0) is 14.9. The van der Waals surface area contributed by atoms with Crippen LogP contribution in [-0.4, -0.2) is 34.6 Å². The summed E-state index contributed by atoms with van der Waals surface area (Å²) in [6.07, 6.45) is 4.95. The molecule has 1 saturated heterocycles. The predicted molar refractivity (Wildman–Crippen MR) is 83.0 cm³/mol. The molecular weight excluding hydrogens is 262 g/mol. The molecule has 114 valence electrons. The average molecular weight is 287 g/mol. The molecule has 1 aromatic rings. The number of aliphatic hydroxyl groups excluding tert-OH is 1. The molecule has 1 atom stereocenters. The molecule has 1 aliphatic heterocycles. The SMILES string of the molecule is C[C@@]1(c2ccccc2)CCC(=O)N(C2CCC(O)CC2)C1. The number of aliphatic hydroxyl groups is 1. The number of likely N-dealkylation sites (tertiary alicyclic amines) is 1. The third-order valence-electron chi connectivity index (χ3n) is 5.31. The molecule has 1 amide bonds. The van der Waals surface area contributed by atoms with E-state index in [-0.39, 0.29) is 11.5 Å². The largest absolute Gasteiger partial charge is 0.393 e. The van der Waals surface area contributed by atoms with Gasteiger partial charge in [-0.1, -0.05) is 37.3 Å². The Morgan fingerprint density at radius 3 is 2.48 bits per heavy atom. The summed E-state index contributed by atoms with van der Waals surface area (Å²) in [6, 6.07) is 10.9. The molecular formula is C18H25NO2. The Hall–Kier alpha value is -1.35. The Kier molecular flexibility index (Phi) is 4.03. The summed E-state index contributed by atoms with van der Waals surface area (Å²) in [5.74, 6) is 0.296. The van der Waals surface area contributed by atoms with Gasteiger partial charge in [-0.15, -0.1) is 0 Å². The van der Waals surface area contributed by atoms with Gasteiger partial charge in [0.15, 0.2) is 0 Å². The zero-order valence-electron chi connectivity index (χ0n) is 12.8. The Labute approximate surface area is 127 Å². The van der Waals surface area contributed by atoms with E-state index in [9.17, 15) is 9.90 Å². The van der Waals surface area contributed by atoms with Gasteiger partial charge in [-0.2, -0.15) is 0 Å². The van der Waals surface area contributed by atoms with Crippen LogP contribution in [0.4, 0.5) is 0 Å². The number of amides is 1. The van der Waals surface area contributed by atoms with Gasteiger partial charge < -0.3 is 10.0 Å². The van der Waals surface area contributed by atoms with Gasteiger partial charge in [0.2, 0.25) is 5.91 Å². The maximum Gasteiger partial charge on any atom is 0.222 e. The van der Waals surface area contributed by atoms with Gasteiger partial charge in [0.25, 0.3) is 0 Å².